The average Bonchev–Trinajstić information content (AvgIpc) is 2.49. The van der Waals surface area contributed by atoms with Crippen molar-refractivity contribution >= 4 is 0 Å². The first-order chi connectivity index (χ1) is 9.72. The number of rotatable bonds is 9. The Morgan fingerprint density at radius 2 is 2.15 bits per heavy atom. The van der Waals surface area contributed by atoms with Crippen LogP contribution in [0.3, 0.4) is 0 Å². The van der Waals surface area contributed by atoms with Crippen LogP contribution < -0.4 is 14.8 Å². The fraction of sp³-hybridized carbons (Fsp3) is 0.562. The summed E-state index contributed by atoms with van der Waals surface area (Å²) in [5, 5.41) is 11.9. The molecular weight excluding hydrogens is 252 g/mol. The van der Waals surface area contributed by atoms with Gasteiger partial charge in [0, 0.05) is 12.5 Å². The quantitative estimate of drug-likeness (QED) is 0.702. The first-order valence-corrected chi connectivity index (χ1v) is 7.14. The number of methoxy groups -OCH3 is 1. The van der Waals surface area contributed by atoms with E-state index >= 15 is 0 Å². The van der Waals surface area contributed by atoms with Gasteiger partial charge in [0.1, 0.15) is 0 Å². The maximum absolute atomic E-state index is 8.50. The number of nitriles is 1. The second-order valence-corrected chi connectivity index (χ2v) is 4.70. The van der Waals surface area contributed by atoms with E-state index in [1.165, 1.54) is 5.56 Å². The van der Waals surface area contributed by atoms with Gasteiger partial charge in [-0.05, 0) is 44.0 Å². The maximum atomic E-state index is 8.50. The SMILES string of the molecule is CCCNC(C)c1ccc(OCCCC#N)c(OC)c1. The molecule has 0 aliphatic carbocycles. The lowest BCUT2D eigenvalue weighted by Gasteiger charge is -2.16. The third-order valence-corrected chi connectivity index (χ3v) is 3.08. The van der Waals surface area contributed by atoms with E-state index in [9.17, 15) is 0 Å². The summed E-state index contributed by atoms with van der Waals surface area (Å²) in [5.41, 5.74) is 1.18. The van der Waals surface area contributed by atoms with Gasteiger partial charge < -0.3 is 14.8 Å². The van der Waals surface area contributed by atoms with E-state index in [-0.39, 0.29) is 6.04 Å². The van der Waals surface area contributed by atoms with Gasteiger partial charge in [0.05, 0.1) is 19.8 Å². The van der Waals surface area contributed by atoms with Crippen molar-refractivity contribution in [1.82, 2.24) is 5.32 Å². The van der Waals surface area contributed by atoms with E-state index in [0.29, 0.717) is 13.0 Å². The van der Waals surface area contributed by atoms with Gasteiger partial charge in [-0.3, -0.25) is 0 Å². The van der Waals surface area contributed by atoms with E-state index in [2.05, 4.69) is 31.3 Å². The molecule has 1 aromatic carbocycles. The topological polar surface area (TPSA) is 54.3 Å². The summed E-state index contributed by atoms with van der Waals surface area (Å²) in [6.07, 6.45) is 2.36. The van der Waals surface area contributed by atoms with E-state index < -0.39 is 0 Å². The minimum absolute atomic E-state index is 0.288. The molecule has 0 spiro atoms. The molecule has 0 aliphatic rings. The van der Waals surface area contributed by atoms with Crippen molar-refractivity contribution in [1.29, 1.82) is 5.26 Å². The average molecular weight is 276 g/mol. The predicted molar refractivity (Wildman–Crippen MR) is 80.0 cm³/mol. The van der Waals surface area contributed by atoms with Gasteiger partial charge in [0.25, 0.3) is 0 Å². The molecule has 0 fully saturated rings. The summed E-state index contributed by atoms with van der Waals surface area (Å²) in [5.74, 6) is 1.47. The van der Waals surface area contributed by atoms with E-state index in [0.717, 1.165) is 30.9 Å². The van der Waals surface area contributed by atoms with Gasteiger partial charge in [-0.25, -0.2) is 0 Å². The zero-order valence-electron chi connectivity index (χ0n) is 12.6. The van der Waals surface area contributed by atoms with Crippen LogP contribution in [0.1, 0.15) is 44.7 Å². The van der Waals surface area contributed by atoms with Gasteiger partial charge in [-0.2, -0.15) is 5.26 Å². The normalized spacial score (nSPS) is 11.7. The van der Waals surface area contributed by atoms with E-state index in [1.54, 1.807) is 7.11 Å². The number of nitrogens with zero attached hydrogens (tertiary/aromatic N) is 1. The van der Waals surface area contributed by atoms with Crippen LogP contribution >= 0.6 is 0 Å². The highest BCUT2D eigenvalue weighted by atomic mass is 16.5. The maximum Gasteiger partial charge on any atom is 0.161 e. The Hall–Kier alpha value is -1.73. The second kappa shape index (κ2) is 9.22. The first-order valence-electron chi connectivity index (χ1n) is 7.14. The molecule has 1 unspecified atom stereocenters. The number of nitrogens with one attached hydrogen (secondary N) is 1. The zero-order valence-corrected chi connectivity index (χ0v) is 12.6. The summed E-state index contributed by atoms with van der Waals surface area (Å²) >= 11 is 0. The highest BCUT2D eigenvalue weighted by Gasteiger charge is 2.10. The monoisotopic (exact) mass is 276 g/mol. The van der Waals surface area contributed by atoms with Crippen molar-refractivity contribution in [2.45, 2.75) is 39.2 Å². The van der Waals surface area contributed by atoms with Gasteiger partial charge in [0.15, 0.2) is 11.5 Å². The number of benzene rings is 1. The molecule has 0 saturated carbocycles. The van der Waals surface area contributed by atoms with Crippen LogP contribution in [0.5, 0.6) is 11.5 Å². The molecule has 0 amide bonds. The standard InChI is InChI=1S/C16H24N2O2/c1-4-10-18-13(2)14-7-8-15(16(12-14)19-3)20-11-6-5-9-17/h7-8,12-13,18H,4-6,10-11H2,1-3H3. The summed E-state index contributed by atoms with van der Waals surface area (Å²) in [7, 11) is 1.64. The molecule has 110 valence electrons. The highest BCUT2D eigenvalue weighted by Crippen LogP contribution is 2.30. The van der Waals surface area contributed by atoms with Crippen LogP contribution in [-0.2, 0) is 0 Å². The molecule has 0 aliphatic heterocycles. The molecule has 20 heavy (non-hydrogen) atoms. The van der Waals surface area contributed by atoms with E-state index in [4.69, 9.17) is 14.7 Å². The molecule has 4 heteroatoms. The largest absolute Gasteiger partial charge is 0.493 e. The second-order valence-electron chi connectivity index (χ2n) is 4.70. The Morgan fingerprint density at radius 1 is 1.35 bits per heavy atom. The Morgan fingerprint density at radius 3 is 2.80 bits per heavy atom. The number of hydrogen-bond donors (Lipinski definition) is 1. The summed E-state index contributed by atoms with van der Waals surface area (Å²) in [6.45, 7) is 5.82. The van der Waals surface area contributed by atoms with Crippen molar-refractivity contribution in [2.24, 2.45) is 0 Å². The minimum atomic E-state index is 0.288. The lowest BCUT2D eigenvalue weighted by Crippen LogP contribution is -2.19. The van der Waals surface area contributed by atoms with E-state index in [1.807, 2.05) is 12.1 Å². The number of unbranched alkanes of at least 4 members (excludes halogenated alkanes) is 1. The third kappa shape index (κ3) is 5.10. The van der Waals surface area contributed by atoms with Gasteiger partial charge >= 0.3 is 0 Å². The van der Waals surface area contributed by atoms with Crippen LogP contribution in [-0.4, -0.2) is 20.3 Å². The van der Waals surface area contributed by atoms with Crippen molar-refractivity contribution in [3.63, 3.8) is 0 Å². The zero-order chi connectivity index (χ0) is 14.8. The van der Waals surface area contributed by atoms with Gasteiger partial charge in [-0.1, -0.05) is 13.0 Å². The Balaban J connectivity index is 2.67. The molecule has 0 radical (unpaired) electrons. The molecule has 0 aromatic heterocycles. The molecule has 1 N–H and O–H groups in total. The smallest absolute Gasteiger partial charge is 0.161 e. The van der Waals surface area contributed by atoms with Crippen molar-refractivity contribution in [3.8, 4) is 17.6 Å². The van der Waals surface area contributed by atoms with Crippen LogP contribution in [0.15, 0.2) is 18.2 Å². The number of ether oxygens (including phenoxy) is 2. The van der Waals surface area contributed by atoms with Gasteiger partial charge in [0.2, 0.25) is 0 Å². The summed E-state index contributed by atoms with van der Waals surface area (Å²) < 4.78 is 11.0. The lowest BCUT2D eigenvalue weighted by molar-refractivity contribution is 0.290. The fourth-order valence-electron chi connectivity index (χ4n) is 1.88. The van der Waals surface area contributed by atoms with Crippen LogP contribution in [0, 0.1) is 11.3 Å². The molecule has 0 saturated heterocycles. The molecule has 1 aromatic rings. The highest BCUT2D eigenvalue weighted by molar-refractivity contribution is 5.43. The Kier molecular flexibility index (Phi) is 7.52. The molecule has 1 rings (SSSR count). The van der Waals surface area contributed by atoms with Crippen LogP contribution in [0.4, 0.5) is 0 Å². The molecule has 0 heterocycles. The summed E-state index contributed by atoms with van der Waals surface area (Å²) in [4.78, 5) is 0. The Labute approximate surface area is 121 Å². The van der Waals surface area contributed by atoms with Crippen LogP contribution in [0.25, 0.3) is 0 Å². The van der Waals surface area contributed by atoms with Gasteiger partial charge in [-0.15, -0.1) is 0 Å². The van der Waals surface area contributed by atoms with Crippen molar-refractivity contribution in [3.05, 3.63) is 23.8 Å². The third-order valence-electron chi connectivity index (χ3n) is 3.08. The molecule has 0 bridgehead atoms. The number of hydrogen-bond acceptors (Lipinski definition) is 4. The van der Waals surface area contributed by atoms with Crippen LogP contribution in [0.2, 0.25) is 0 Å². The predicted octanol–water partition coefficient (Wildman–Crippen LogP) is 3.44. The minimum Gasteiger partial charge on any atom is -0.493 e. The molecule has 1 atom stereocenters. The Bertz CT molecular complexity index is 441. The van der Waals surface area contributed by atoms with Crippen molar-refractivity contribution < 1.29 is 9.47 Å². The lowest BCUT2D eigenvalue weighted by atomic mass is 10.1. The first kappa shape index (κ1) is 16.3. The molecular formula is C16H24N2O2. The van der Waals surface area contributed by atoms with Crippen molar-refractivity contribution in [2.75, 3.05) is 20.3 Å². The molecule has 4 nitrogen and oxygen atoms in total. The summed E-state index contributed by atoms with van der Waals surface area (Å²) in [6, 6.07) is 8.39. The fourth-order valence-corrected chi connectivity index (χ4v) is 1.88.